The van der Waals surface area contributed by atoms with E-state index in [-0.39, 0.29) is 0 Å². The maximum Gasteiger partial charge on any atom is 0.102 e. The van der Waals surface area contributed by atoms with Crippen LogP contribution in [0.1, 0.15) is 34.7 Å². The highest BCUT2D eigenvalue weighted by Crippen LogP contribution is 2.35. The molecule has 0 spiro atoms. The Morgan fingerprint density at radius 2 is 2.04 bits per heavy atom. The molecule has 1 aliphatic rings. The van der Waals surface area contributed by atoms with Crippen LogP contribution < -0.4 is 0 Å². The van der Waals surface area contributed by atoms with Gasteiger partial charge in [0, 0.05) is 30.5 Å². The third kappa shape index (κ3) is 2.32. The lowest BCUT2D eigenvalue weighted by Crippen LogP contribution is -2.22. The van der Waals surface area contributed by atoms with E-state index < -0.39 is 0 Å². The lowest BCUT2D eigenvalue weighted by Gasteiger charge is -2.25. The summed E-state index contributed by atoms with van der Waals surface area (Å²) in [5.74, 6) is 0. The highest BCUT2D eigenvalue weighted by molar-refractivity contribution is 5.65. The number of fused-ring (bicyclic) bond motifs is 2. The predicted molar refractivity (Wildman–Crippen MR) is 91.1 cm³/mol. The van der Waals surface area contributed by atoms with Gasteiger partial charge < -0.3 is 4.40 Å². The highest BCUT2D eigenvalue weighted by atomic mass is 15.1. The molecule has 0 amide bonds. The molecular weight excluding hydrogens is 282 g/mol. The normalized spacial score (nSPS) is 16.7. The average Bonchev–Trinajstić information content (AvgIpc) is 3.15. The summed E-state index contributed by atoms with van der Waals surface area (Å²) in [6, 6.07) is 17.5. The van der Waals surface area contributed by atoms with Crippen LogP contribution in [-0.4, -0.2) is 16.3 Å². The Morgan fingerprint density at radius 3 is 2.91 bits per heavy atom. The molecule has 1 aromatic carbocycles. The van der Waals surface area contributed by atoms with E-state index in [1.165, 1.54) is 11.1 Å². The van der Waals surface area contributed by atoms with Crippen molar-refractivity contribution in [3.63, 3.8) is 0 Å². The lowest BCUT2D eigenvalue weighted by molar-refractivity contribution is 0.236. The molecule has 23 heavy (non-hydrogen) atoms. The SMILES string of the molecule is CN(Cc1cn2ccccc2c1C#N)C1CCc2ccccc21. The maximum absolute atomic E-state index is 9.56. The van der Waals surface area contributed by atoms with Gasteiger partial charge in [0.15, 0.2) is 0 Å². The molecule has 3 heteroatoms. The van der Waals surface area contributed by atoms with Gasteiger partial charge in [-0.2, -0.15) is 5.26 Å². The van der Waals surface area contributed by atoms with Gasteiger partial charge in [-0.1, -0.05) is 30.3 Å². The van der Waals surface area contributed by atoms with Crippen LogP contribution in [-0.2, 0) is 13.0 Å². The summed E-state index contributed by atoms with van der Waals surface area (Å²) in [4.78, 5) is 2.38. The number of hydrogen-bond acceptors (Lipinski definition) is 2. The smallest absolute Gasteiger partial charge is 0.102 e. The monoisotopic (exact) mass is 301 g/mol. The number of rotatable bonds is 3. The molecular formula is C20H19N3. The van der Waals surface area contributed by atoms with Crippen LogP contribution in [0.3, 0.4) is 0 Å². The summed E-state index contributed by atoms with van der Waals surface area (Å²) >= 11 is 0. The quantitative estimate of drug-likeness (QED) is 0.734. The second-order valence-corrected chi connectivity index (χ2v) is 6.30. The van der Waals surface area contributed by atoms with Gasteiger partial charge in [0.2, 0.25) is 0 Å². The zero-order chi connectivity index (χ0) is 15.8. The maximum atomic E-state index is 9.56. The molecule has 3 aromatic rings. The van der Waals surface area contributed by atoms with Crippen molar-refractivity contribution in [3.8, 4) is 6.07 Å². The second-order valence-electron chi connectivity index (χ2n) is 6.30. The van der Waals surface area contributed by atoms with Gasteiger partial charge >= 0.3 is 0 Å². The van der Waals surface area contributed by atoms with Gasteiger partial charge in [-0.15, -0.1) is 0 Å². The first kappa shape index (κ1) is 14.0. The average molecular weight is 301 g/mol. The molecule has 4 rings (SSSR count). The fourth-order valence-electron chi connectivity index (χ4n) is 3.80. The molecule has 2 heterocycles. The third-order valence-electron chi connectivity index (χ3n) is 4.93. The summed E-state index contributed by atoms with van der Waals surface area (Å²) in [7, 11) is 2.16. The molecule has 1 atom stereocenters. The Bertz CT molecular complexity index is 901. The van der Waals surface area contributed by atoms with Crippen LogP contribution >= 0.6 is 0 Å². The Kier molecular flexibility index (Phi) is 3.40. The molecule has 3 nitrogen and oxygen atoms in total. The fourth-order valence-corrected chi connectivity index (χ4v) is 3.80. The Morgan fingerprint density at radius 1 is 1.22 bits per heavy atom. The van der Waals surface area contributed by atoms with E-state index >= 15 is 0 Å². The van der Waals surface area contributed by atoms with Gasteiger partial charge in [0.05, 0.1) is 11.1 Å². The van der Waals surface area contributed by atoms with E-state index in [2.05, 4.69) is 48.5 Å². The van der Waals surface area contributed by atoms with E-state index in [1.54, 1.807) is 0 Å². The summed E-state index contributed by atoms with van der Waals surface area (Å²) in [5, 5.41) is 9.56. The van der Waals surface area contributed by atoms with E-state index in [9.17, 15) is 5.26 Å². The van der Waals surface area contributed by atoms with Crippen molar-refractivity contribution < 1.29 is 0 Å². The largest absolute Gasteiger partial charge is 0.322 e. The van der Waals surface area contributed by atoms with Gasteiger partial charge in [-0.05, 0) is 43.1 Å². The van der Waals surface area contributed by atoms with Gasteiger partial charge in [0.25, 0.3) is 0 Å². The van der Waals surface area contributed by atoms with E-state index in [1.807, 2.05) is 28.8 Å². The molecule has 1 unspecified atom stereocenters. The molecule has 1 aliphatic carbocycles. The number of nitriles is 1. The molecule has 2 aromatic heterocycles. The van der Waals surface area contributed by atoms with Gasteiger partial charge in [0.1, 0.15) is 6.07 Å². The molecule has 0 fully saturated rings. The van der Waals surface area contributed by atoms with Crippen LogP contribution in [0.5, 0.6) is 0 Å². The Labute approximate surface area is 136 Å². The van der Waals surface area contributed by atoms with Crippen molar-refractivity contribution in [2.24, 2.45) is 0 Å². The van der Waals surface area contributed by atoms with E-state index in [4.69, 9.17) is 0 Å². The van der Waals surface area contributed by atoms with Crippen molar-refractivity contribution in [1.82, 2.24) is 9.30 Å². The van der Waals surface area contributed by atoms with Crippen LogP contribution in [0.25, 0.3) is 5.52 Å². The zero-order valence-electron chi connectivity index (χ0n) is 13.2. The first-order valence-corrected chi connectivity index (χ1v) is 8.04. The minimum absolute atomic E-state index is 0.445. The van der Waals surface area contributed by atoms with Crippen molar-refractivity contribution in [2.45, 2.75) is 25.4 Å². The molecule has 0 saturated carbocycles. The van der Waals surface area contributed by atoms with Crippen LogP contribution in [0.4, 0.5) is 0 Å². The number of benzene rings is 1. The minimum Gasteiger partial charge on any atom is -0.322 e. The standard InChI is InChI=1S/C20H19N3/c1-22(19-10-9-15-6-2-3-7-17(15)19)13-16-14-23-11-5-4-8-20(23)18(16)12-21/h2-8,11,14,19H,9-10,13H2,1H3. The van der Waals surface area contributed by atoms with Gasteiger partial charge in [-0.3, -0.25) is 4.90 Å². The summed E-state index contributed by atoms with van der Waals surface area (Å²) in [6.07, 6.45) is 6.40. The first-order chi connectivity index (χ1) is 11.3. The first-order valence-electron chi connectivity index (χ1n) is 8.04. The summed E-state index contributed by atoms with van der Waals surface area (Å²) in [5.41, 5.74) is 5.80. The van der Waals surface area contributed by atoms with Crippen molar-refractivity contribution in [3.05, 3.63) is 77.1 Å². The van der Waals surface area contributed by atoms with Crippen LogP contribution in [0.2, 0.25) is 0 Å². The Hall–Kier alpha value is -2.57. The van der Waals surface area contributed by atoms with Crippen LogP contribution in [0.15, 0.2) is 54.9 Å². The summed E-state index contributed by atoms with van der Waals surface area (Å²) in [6.45, 7) is 0.795. The molecule has 0 bridgehead atoms. The van der Waals surface area contributed by atoms with Crippen molar-refractivity contribution >= 4 is 5.52 Å². The molecule has 0 saturated heterocycles. The molecule has 114 valence electrons. The number of aryl methyl sites for hydroxylation is 1. The highest BCUT2D eigenvalue weighted by Gasteiger charge is 2.26. The number of hydrogen-bond donors (Lipinski definition) is 0. The lowest BCUT2D eigenvalue weighted by atomic mass is 10.1. The predicted octanol–water partition coefficient (Wildman–Crippen LogP) is 3.93. The van der Waals surface area contributed by atoms with E-state index in [0.717, 1.165) is 36.0 Å². The van der Waals surface area contributed by atoms with Crippen LogP contribution in [0, 0.1) is 11.3 Å². The van der Waals surface area contributed by atoms with Crippen molar-refractivity contribution in [2.75, 3.05) is 7.05 Å². The number of aromatic nitrogens is 1. The second kappa shape index (κ2) is 5.57. The molecule has 0 radical (unpaired) electrons. The van der Waals surface area contributed by atoms with Gasteiger partial charge in [-0.25, -0.2) is 0 Å². The zero-order valence-corrected chi connectivity index (χ0v) is 13.2. The number of pyridine rings is 1. The summed E-state index contributed by atoms with van der Waals surface area (Å²) < 4.78 is 2.05. The van der Waals surface area contributed by atoms with Crippen molar-refractivity contribution in [1.29, 1.82) is 5.26 Å². The fraction of sp³-hybridized carbons (Fsp3) is 0.250. The minimum atomic E-state index is 0.445. The van der Waals surface area contributed by atoms with E-state index in [0.29, 0.717) is 6.04 Å². The third-order valence-corrected chi connectivity index (χ3v) is 4.93. The number of nitrogens with zero attached hydrogens (tertiary/aromatic N) is 3. The molecule has 0 aliphatic heterocycles. The Balaban J connectivity index is 1.65. The topological polar surface area (TPSA) is 31.4 Å². The molecule has 0 N–H and O–H groups in total.